The highest BCUT2D eigenvalue weighted by Gasteiger charge is 2.51. The van der Waals surface area contributed by atoms with Crippen LogP contribution in [-0.2, 0) is 4.79 Å². The fourth-order valence-corrected chi connectivity index (χ4v) is 6.66. The fourth-order valence-electron chi connectivity index (χ4n) is 6.66. The van der Waals surface area contributed by atoms with Crippen molar-refractivity contribution in [3.05, 3.63) is 120 Å². The maximum atomic E-state index is 14.3. The zero-order valence-corrected chi connectivity index (χ0v) is 23.2. The molecule has 2 unspecified atom stereocenters. The van der Waals surface area contributed by atoms with Gasteiger partial charge in [-0.2, -0.15) is 0 Å². The van der Waals surface area contributed by atoms with Crippen molar-refractivity contribution in [1.29, 1.82) is 0 Å². The number of β-lactam (4-membered cyclic amide) rings is 1. The van der Waals surface area contributed by atoms with Crippen molar-refractivity contribution >= 4 is 56.0 Å². The van der Waals surface area contributed by atoms with Gasteiger partial charge in [0.1, 0.15) is 6.04 Å². The van der Waals surface area contributed by atoms with Crippen molar-refractivity contribution in [2.75, 3.05) is 22.9 Å². The van der Waals surface area contributed by atoms with Gasteiger partial charge in [-0.1, -0.05) is 66.7 Å². The monoisotopic (exact) mass is 537 g/mol. The van der Waals surface area contributed by atoms with E-state index in [4.69, 9.17) is 0 Å². The number of amides is 1. The molecule has 5 heteroatoms. The summed E-state index contributed by atoms with van der Waals surface area (Å²) in [7, 11) is 0. The van der Waals surface area contributed by atoms with Gasteiger partial charge in [-0.05, 0) is 77.4 Å². The highest BCUT2D eigenvalue weighted by molar-refractivity contribution is 6.11. The number of fused-ring (bicyclic) bond motifs is 3. The van der Waals surface area contributed by atoms with E-state index in [0.29, 0.717) is 5.56 Å². The molecule has 0 bridgehead atoms. The van der Waals surface area contributed by atoms with Crippen LogP contribution in [0.5, 0.6) is 0 Å². The summed E-state index contributed by atoms with van der Waals surface area (Å²) in [4.78, 5) is 30.6. The molecule has 0 radical (unpaired) electrons. The van der Waals surface area contributed by atoms with Crippen LogP contribution in [0.25, 0.3) is 32.4 Å². The summed E-state index contributed by atoms with van der Waals surface area (Å²) in [5.74, 6) is 0.0146. The number of para-hydroxylation sites is 1. The number of aromatic nitrogens is 1. The van der Waals surface area contributed by atoms with Gasteiger partial charge in [0.05, 0.1) is 6.04 Å². The van der Waals surface area contributed by atoms with E-state index in [1.807, 2.05) is 39.9 Å². The number of aldehydes is 1. The Labute approximate surface area is 239 Å². The molecule has 0 spiro atoms. The Balaban J connectivity index is 1.47. The number of hydrogen-bond acceptors (Lipinski definition) is 3. The predicted octanol–water partition coefficient (Wildman–Crippen LogP) is 7.94. The molecule has 1 fully saturated rings. The van der Waals surface area contributed by atoms with Gasteiger partial charge in [-0.3, -0.25) is 9.59 Å². The number of rotatable bonds is 7. The van der Waals surface area contributed by atoms with Crippen molar-refractivity contribution in [3.8, 4) is 0 Å². The first-order valence-electron chi connectivity index (χ1n) is 14.3. The highest BCUT2D eigenvalue weighted by Crippen LogP contribution is 2.51. The Bertz CT molecular complexity index is 1880. The van der Waals surface area contributed by atoms with E-state index < -0.39 is 6.04 Å². The van der Waals surface area contributed by atoms with Gasteiger partial charge in [-0.25, -0.2) is 0 Å². The average molecular weight is 538 g/mol. The molecule has 0 saturated carbocycles. The highest BCUT2D eigenvalue weighted by atomic mass is 16.2. The molecule has 41 heavy (non-hydrogen) atoms. The largest absolute Gasteiger partial charge is 0.372 e. The molecule has 1 amide bonds. The number of carbonyl (C=O) groups is 2. The van der Waals surface area contributed by atoms with Gasteiger partial charge in [0, 0.05) is 47.1 Å². The number of benzene rings is 5. The summed E-state index contributed by atoms with van der Waals surface area (Å²) in [6.07, 6.45) is 2.73. The fraction of sp³-hybridized carbons (Fsp3) is 0.167. The Hall–Kier alpha value is -4.90. The van der Waals surface area contributed by atoms with Crippen molar-refractivity contribution in [2.45, 2.75) is 25.9 Å². The second-order valence-electron chi connectivity index (χ2n) is 10.6. The van der Waals surface area contributed by atoms with Gasteiger partial charge in [0.2, 0.25) is 0 Å². The molecule has 2 heterocycles. The topological polar surface area (TPSA) is 45.5 Å². The maximum Gasteiger partial charge on any atom is 0.253 e. The first kappa shape index (κ1) is 25.1. The van der Waals surface area contributed by atoms with Crippen molar-refractivity contribution in [2.24, 2.45) is 0 Å². The van der Waals surface area contributed by atoms with Crippen LogP contribution in [0.15, 0.2) is 109 Å². The molecule has 5 nitrogen and oxygen atoms in total. The van der Waals surface area contributed by atoms with Gasteiger partial charge in [0.15, 0.2) is 6.29 Å². The van der Waals surface area contributed by atoms with Crippen LogP contribution in [0.2, 0.25) is 0 Å². The van der Waals surface area contributed by atoms with Crippen LogP contribution in [-0.4, -0.2) is 29.8 Å². The number of nitrogens with zero attached hydrogens (tertiary/aromatic N) is 3. The summed E-state index contributed by atoms with van der Waals surface area (Å²) < 4.78 is 2.02. The lowest BCUT2D eigenvalue weighted by Gasteiger charge is -2.49. The number of hydrogen-bond donors (Lipinski definition) is 0. The zero-order chi connectivity index (χ0) is 28.1. The third-order valence-corrected chi connectivity index (χ3v) is 8.63. The van der Waals surface area contributed by atoms with Gasteiger partial charge in [-0.15, -0.1) is 0 Å². The smallest absolute Gasteiger partial charge is 0.253 e. The van der Waals surface area contributed by atoms with E-state index in [2.05, 4.69) is 97.6 Å². The molecule has 2 atom stereocenters. The molecule has 5 aromatic carbocycles. The Morgan fingerprint density at radius 1 is 0.732 bits per heavy atom. The first-order valence-corrected chi connectivity index (χ1v) is 14.3. The van der Waals surface area contributed by atoms with E-state index in [1.54, 1.807) is 0 Å². The van der Waals surface area contributed by atoms with Crippen molar-refractivity contribution < 1.29 is 9.59 Å². The Morgan fingerprint density at radius 3 is 1.93 bits per heavy atom. The second kappa shape index (κ2) is 9.93. The molecule has 7 rings (SSSR count). The lowest BCUT2D eigenvalue weighted by atomic mass is 9.82. The molecule has 1 saturated heterocycles. The summed E-state index contributed by atoms with van der Waals surface area (Å²) in [5.41, 5.74) is 4.62. The van der Waals surface area contributed by atoms with Crippen molar-refractivity contribution in [3.63, 3.8) is 0 Å². The van der Waals surface area contributed by atoms with Gasteiger partial charge < -0.3 is 14.4 Å². The maximum absolute atomic E-state index is 14.3. The Kier molecular flexibility index (Phi) is 6.08. The zero-order valence-electron chi connectivity index (χ0n) is 23.2. The minimum Gasteiger partial charge on any atom is -0.372 e. The van der Waals surface area contributed by atoms with Gasteiger partial charge >= 0.3 is 0 Å². The molecule has 1 aromatic heterocycles. The summed E-state index contributed by atoms with van der Waals surface area (Å²) >= 11 is 0. The van der Waals surface area contributed by atoms with Crippen LogP contribution in [0.1, 0.15) is 41.9 Å². The first-order chi connectivity index (χ1) is 20.1. The van der Waals surface area contributed by atoms with Crippen LogP contribution in [0.4, 0.5) is 11.4 Å². The molecular formula is C36H31N3O2. The molecule has 0 aliphatic carbocycles. The molecular weight excluding hydrogens is 506 g/mol. The second-order valence-corrected chi connectivity index (χ2v) is 10.6. The van der Waals surface area contributed by atoms with Gasteiger partial charge in [0.25, 0.3) is 5.91 Å². The summed E-state index contributed by atoms with van der Waals surface area (Å²) in [6.45, 7) is 6.14. The molecule has 0 N–H and O–H groups in total. The summed E-state index contributed by atoms with van der Waals surface area (Å²) in [5, 5.41) is 5.40. The summed E-state index contributed by atoms with van der Waals surface area (Å²) in [6, 6.07) is 34.5. The predicted molar refractivity (Wildman–Crippen MR) is 168 cm³/mol. The van der Waals surface area contributed by atoms with Crippen LogP contribution < -0.4 is 9.80 Å². The minimum atomic E-state index is -0.495. The lowest BCUT2D eigenvalue weighted by Crippen LogP contribution is -2.56. The standard InChI is InChI=1S/C36H31N3O2/c1-3-37(4-2)27-17-19-28(20-18-27)39-34(33-30-14-7-5-11-24(30)21-25-12-6-8-15-31(25)33)35(36(39)41)38-22-26(23-40)29-13-9-10-16-32(29)38/h5-23,34-35H,3-4H2,1-2H3. The van der Waals surface area contributed by atoms with E-state index in [0.717, 1.165) is 68.8 Å². The molecule has 202 valence electrons. The van der Waals surface area contributed by atoms with Crippen LogP contribution in [0.3, 0.4) is 0 Å². The molecule has 6 aromatic rings. The van der Waals surface area contributed by atoms with Crippen LogP contribution >= 0.6 is 0 Å². The average Bonchev–Trinajstić information content (AvgIpc) is 3.38. The number of anilines is 2. The van der Waals surface area contributed by atoms with E-state index in [-0.39, 0.29) is 11.9 Å². The normalized spacial score (nSPS) is 16.8. The molecule has 1 aliphatic rings. The quantitative estimate of drug-likeness (QED) is 0.118. The molecule has 1 aliphatic heterocycles. The van der Waals surface area contributed by atoms with E-state index in [9.17, 15) is 9.59 Å². The van der Waals surface area contributed by atoms with Crippen molar-refractivity contribution in [1.82, 2.24) is 4.57 Å². The minimum absolute atomic E-state index is 0.0146. The third kappa shape index (κ3) is 3.84. The Morgan fingerprint density at radius 2 is 1.32 bits per heavy atom. The van der Waals surface area contributed by atoms with E-state index in [1.165, 1.54) is 0 Å². The number of carbonyl (C=O) groups excluding carboxylic acids is 2. The SMILES string of the molecule is CCN(CC)c1ccc(N2C(=O)C(n3cc(C=O)c4ccccc43)C2c2c3ccccc3cc3ccccc23)cc1. The lowest BCUT2D eigenvalue weighted by molar-refractivity contribution is -0.129. The van der Waals surface area contributed by atoms with E-state index >= 15 is 0 Å². The third-order valence-electron chi connectivity index (χ3n) is 8.63. The van der Waals surface area contributed by atoms with Crippen LogP contribution in [0, 0.1) is 0 Å².